The van der Waals surface area contributed by atoms with Crippen molar-refractivity contribution in [3.8, 4) is 0 Å². The maximum atomic E-state index is 10.00. The zero-order valence-electron chi connectivity index (χ0n) is 5.13. The molecule has 0 amide bonds. The summed E-state index contributed by atoms with van der Waals surface area (Å²) < 4.78 is 32.1. The van der Waals surface area contributed by atoms with Gasteiger partial charge in [0.2, 0.25) is 0 Å². The molecule has 2 unspecified atom stereocenters. The van der Waals surface area contributed by atoms with Crippen LogP contribution < -0.4 is 0 Å². The molecule has 0 aliphatic heterocycles. The molecule has 0 heterocycles. The predicted molar refractivity (Wildman–Crippen MR) is 43.9 cm³/mol. The minimum absolute atomic E-state index is 0.370. The molecule has 0 saturated carbocycles. The minimum atomic E-state index is -4.39. The topological polar surface area (TPSA) is 63.6 Å². The predicted octanol–water partition coefficient (Wildman–Crippen LogP) is 0.380. The van der Waals surface area contributed by atoms with E-state index in [9.17, 15) is 8.42 Å². The van der Waals surface area contributed by atoms with Crippen LogP contribution in [0.25, 0.3) is 0 Å². The number of rotatable bonds is 3. The van der Waals surface area contributed by atoms with Crippen LogP contribution in [-0.2, 0) is 14.6 Å². The zero-order chi connectivity index (χ0) is 8.36. The molecule has 0 bridgehead atoms. The average molecular weight is 204 g/mol. The summed E-state index contributed by atoms with van der Waals surface area (Å²) in [5, 5.41) is -0.370. The molecular formula is C3H8O4S3. The van der Waals surface area contributed by atoms with Gasteiger partial charge >= 0.3 is 10.4 Å². The molecule has 0 fully saturated rings. The quantitative estimate of drug-likeness (QED) is 0.353. The summed E-state index contributed by atoms with van der Waals surface area (Å²) in [6, 6.07) is 0. The van der Waals surface area contributed by atoms with Crippen LogP contribution in [0.3, 0.4) is 0 Å². The summed E-state index contributed by atoms with van der Waals surface area (Å²) >= 11 is 7.51. The summed E-state index contributed by atoms with van der Waals surface area (Å²) in [5.74, 6) is 0. The molecule has 0 aliphatic carbocycles. The first kappa shape index (κ1) is 10.6. The second-order valence-corrected chi connectivity index (χ2v) is 4.03. The van der Waals surface area contributed by atoms with Gasteiger partial charge in [-0.2, -0.15) is 21.0 Å². The van der Waals surface area contributed by atoms with Crippen LogP contribution in [0.2, 0.25) is 0 Å². The summed E-state index contributed by atoms with van der Waals surface area (Å²) in [7, 11) is -4.39. The Balaban J connectivity index is 3.93. The molecular weight excluding hydrogens is 196 g/mol. The van der Waals surface area contributed by atoms with Crippen molar-refractivity contribution in [3.63, 3.8) is 0 Å². The maximum Gasteiger partial charge on any atom is 0.398 e. The van der Waals surface area contributed by atoms with E-state index in [0.717, 1.165) is 0 Å². The lowest BCUT2D eigenvalue weighted by Gasteiger charge is -2.10. The van der Waals surface area contributed by atoms with E-state index in [4.69, 9.17) is 4.55 Å². The first-order chi connectivity index (χ1) is 4.33. The molecule has 62 valence electrons. The summed E-state index contributed by atoms with van der Waals surface area (Å²) in [5.41, 5.74) is -0.918. The summed E-state index contributed by atoms with van der Waals surface area (Å²) in [4.78, 5) is 0. The van der Waals surface area contributed by atoms with E-state index in [-0.39, 0.29) is 5.25 Å². The third-order valence-electron chi connectivity index (χ3n) is 0.633. The van der Waals surface area contributed by atoms with E-state index < -0.39 is 15.8 Å². The standard InChI is InChI=1S/C3H8O4S3/c1-2(8)3(9)7-10(4,5)6/h2-3,8-9H,1H3,(H,4,5,6). The fourth-order valence-electron chi connectivity index (χ4n) is 0.205. The molecule has 0 aromatic rings. The van der Waals surface area contributed by atoms with Gasteiger partial charge in [0.05, 0.1) is 0 Å². The van der Waals surface area contributed by atoms with Gasteiger partial charge < -0.3 is 0 Å². The van der Waals surface area contributed by atoms with Gasteiger partial charge in [0, 0.05) is 5.25 Å². The molecule has 4 nitrogen and oxygen atoms in total. The van der Waals surface area contributed by atoms with Gasteiger partial charge in [-0.3, -0.25) is 4.55 Å². The van der Waals surface area contributed by atoms with Crippen LogP contribution in [0.4, 0.5) is 0 Å². The van der Waals surface area contributed by atoms with Crippen molar-refractivity contribution < 1.29 is 17.2 Å². The highest BCUT2D eigenvalue weighted by molar-refractivity contribution is 7.86. The van der Waals surface area contributed by atoms with E-state index in [1.807, 2.05) is 0 Å². The van der Waals surface area contributed by atoms with Gasteiger partial charge in [0.25, 0.3) is 0 Å². The third-order valence-corrected chi connectivity index (χ3v) is 2.28. The van der Waals surface area contributed by atoms with E-state index in [1.165, 1.54) is 0 Å². The van der Waals surface area contributed by atoms with Crippen LogP contribution in [0.1, 0.15) is 6.92 Å². The largest absolute Gasteiger partial charge is 0.398 e. The smallest absolute Gasteiger partial charge is 0.263 e. The van der Waals surface area contributed by atoms with Crippen molar-refractivity contribution in [1.82, 2.24) is 0 Å². The Hall–Kier alpha value is 0.570. The van der Waals surface area contributed by atoms with Crippen LogP contribution in [0.15, 0.2) is 0 Å². The van der Waals surface area contributed by atoms with E-state index >= 15 is 0 Å². The highest BCUT2D eigenvalue weighted by Gasteiger charge is 2.16. The molecule has 0 radical (unpaired) electrons. The minimum Gasteiger partial charge on any atom is -0.263 e. The first-order valence-corrected chi connectivity index (χ1v) is 4.74. The van der Waals surface area contributed by atoms with Crippen molar-refractivity contribution in [2.24, 2.45) is 0 Å². The molecule has 0 aromatic heterocycles. The number of thiol groups is 2. The Kier molecular flexibility index (Phi) is 4.03. The van der Waals surface area contributed by atoms with Gasteiger partial charge in [-0.05, 0) is 0 Å². The van der Waals surface area contributed by atoms with Gasteiger partial charge in [-0.25, -0.2) is 4.18 Å². The molecule has 2 atom stereocenters. The first-order valence-electron chi connectivity index (χ1n) is 2.35. The Morgan fingerprint density at radius 2 is 1.90 bits per heavy atom. The Bertz CT molecular complexity index is 184. The Morgan fingerprint density at radius 3 is 2.00 bits per heavy atom. The number of hydrogen-bond acceptors (Lipinski definition) is 5. The number of hydrogen-bond donors (Lipinski definition) is 3. The van der Waals surface area contributed by atoms with Crippen molar-refractivity contribution in [3.05, 3.63) is 0 Å². The van der Waals surface area contributed by atoms with Crippen molar-refractivity contribution in [2.45, 2.75) is 17.6 Å². The molecule has 0 rings (SSSR count). The normalized spacial score (nSPS) is 18.4. The molecule has 0 saturated heterocycles. The second kappa shape index (κ2) is 3.82. The summed E-state index contributed by atoms with van der Waals surface area (Å²) in [6.07, 6.45) is 0. The van der Waals surface area contributed by atoms with Gasteiger partial charge in [0.15, 0.2) is 0 Å². The van der Waals surface area contributed by atoms with Gasteiger partial charge in [-0.15, -0.1) is 12.6 Å². The lowest BCUT2D eigenvalue weighted by atomic mass is 10.5. The Labute approximate surface area is 70.7 Å². The van der Waals surface area contributed by atoms with E-state index in [2.05, 4.69) is 29.4 Å². The molecule has 0 aromatic carbocycles. The second-order valence-electron chi connectivity index (χ2n) is 1.66. The highest BCUT2D eigenvalue weighted by Crippen LogP contribution is 2.11. The Morgan fingerprint density at radius 1 is 1.50 bits per heavy atom. The third kappa shape index (κ3) is 5.36. The zero-order valence-corrected chi connectivity index (χ0v) is 7.73. The highest BCUT2D eigenvalue weighted by atomic mass is 32.3. The average Bonchev–Trinajstić information content (AvgIpc) is 1.60. The van der Waals surface area contributed by atoms with Crippen LogP contribution in [-0.4, -0.2) is 23.7 Å². The van der Waals surface area contributed by atoms with Gasteiger partial charge in [0.1, 0.15) is 5.44 Å². The molecule has 10 heavy (non-hydrogen) atoms. The summed E-state index contributed by atoms with van der Waals surface area (Å²) in [6.45, 7) is 1.59. The van der Waals surface area contributed by atoms with E-state index in [1.54, 1.807) is 6.92 Å². The lowest BCUT2D eigenvalue weighted by molar-refractivity contribution is 0.250. The molecule has 1 N–H and O–H groups in total. The lowest BCUT2D eigenvalue weighted by Crippen LogP contribution is -2.19. The molecule has 0 aliphatic rings. The van der Waals surface area contributed by atoms with Crippen molar-refractivity contribution in [1.29, 1.82) is 0 Å². The fourth-order valence-corrected chi connectivity index (χ4v) is 1.09. The molecule has 0 spiro atoms. The van der Waals surface area contributed by atoms with Crippen molar-refractivity contribution in [2.75, 3.05) is 0 Å². The monoisotopic (exact) mass is 204 g/mol. The maximum absolute atomic E-state index is 10.00. The SMILES string of the molecule is CC(S)C(S)OS(=O)(=O)O. The van der Waals surface area contributed by atoms with Crippen molar-refractivity contribution >= 4 is 35.7 Å². The van der Waals surface area contributed by atoms with Crippen LogP contribution in [0, 0.1) is 0 Å². The van der Waals surface area contributed by atoms with Gasteiger partial charge in [-0.1, -0.05) is 6.92 Å². The molecule has 7 heteroatoms. The van der Waals surface area contributed by atoms with Crippen LogP contribution in [0.5, 0.6) is 0 Å². The fraction of sp³-hybridized carbons (Fsp3) is 1.00. The van der Waals surface area contributed by atoms with E-state index in [0.29, 0.717) is 0 Å². The van der Waals surface area contributed by atoms with Crippen LogP contribution >= 0.6 is 25.3 Å².